The van der Waals surface area contributed by atoms with Crippen LogP contribution in [0.5, 0.6) is 0 Å². The zero-order valence-corrected chi connectivity index (χ0v) is 13.4. The number of alkyl halides is 3. The summed E-state index contributed by atoms with van der Waals surface area (Å²) in [5.41, 5.74) is -0.136. The molecule has 1 aromatic heterocycles. The first-order chi connectivity index (χ1) is 12.2. The lowest BCUT2D eigenvalue weighted by Crippen LogP contribution is -2.33. The van der Waals surface area contributed by atoms with Crippen LogP contribution in [-0.4, -0.2) is 44.9 Å². The number of hydrogen-bond donors (Lipinski definition) is 2. The van der Waals surface area contributed by atoms with E-state index in [9.17, 15) is 22.8 Å². The van der Waals surface area contributed by atoms with Crippen molar-refractivity contribution in [2.45, 2.75) is 12.6 Å². The van der Waals surface area contributed by atoms with Crippen molar-refractivity contribution in [3.63, 3.8) is 0 Å². The van der Waals surface area contributed by atoms with E-state index in [1.807, 2.05) is 0 Å². The Labute approximate surface area is 146 Å². The molecule has 2 amide bonds. The summed E-state index contributed by atoms with van der Waals surface area (Å²) in [6, 6.07) is 6.57. The number of carboxylic acid groups (broad SMARTS) is 1. The van der Waals surface area contributed by atoms with Gasteiger partial charge in [-0.05, 0) is 36.8 Å². The average molecular weight is 368 g/mol. The standard InChI is InChI=1S/C16H15F3N4O3/c17-16(18,19)13-6-8-23(21-13)12-3-1-11(2-4-12)20-15(26)22-7-5-10(9-22)14(24)25/h1-4,6,8,10H,5,7,9H2,(H,20,26)(H,24,25). The highest BCUT2D eigenvalue weighted by atomic mass is 19.4. The maximum absolute atomic E-state index is 12.6. The van der Waals surface area contributed by atoms with Crippen molar-refractivity contribution in [3.8, 4) is 5.69 Å². The second kappa shape index (κ2) is 6.70. The highest BCUT2D eigenvalue weighted by Crippen LogP contribution is 2.28. The zero-order valence-electron chi connectivity index (χ0n) is 13.4. The smallest absolute Gasteiger partial charge is 0.435 e. The molecule has 2 heterocycles. The van der Waals surface area contributed by atoms with Gasteiger partial charge in [-0.1, -0.05) is 0 Å². The van der Waals surface area contributed by atoms with Crippen molar-refractivity contribution in [2.24, 2.45) is 5.92 Å². The van der Waals surface area contributed by atoms with Crippen LogP contribution in [-0.2, 0) is 11.0 Å². The second-order valence-corrected chi connectivity index (χ2v) is 5.89. The maximum Gasteiger partial charge on any atom is 0.435 e. The number of urea groups is 1. The van der Waals surface area contributed by atoms with E-state index in [-0.39, 0.29) is 6.54 Å². The third-order valence-electron chi connectivity index (χ3n) is 4.09. The Bertz CT molecular complexity index is 817. The number of aromatic nitrogens is 2. The van der Waals surface area contributed by atoms with Gasteiger partial charge in [0.2, 0.25) is 0 Å². The van der Waals surface area contributed by atoms with Crippen LogP contribution < -0.4 is 5.32 Å². The Morgan fingerprint density at radius 2 is 1.88 bits per heavy atom. The summed E-state index contributed by atoms with van der Waals surface area (Å²) in [7, 11) is 0. The fourth-order valence-electron chi connectivity index (χ4n) is 2.67. The van der Waals surface area contributed by atoms with E-state index in [4.69, 9.17) is 5.11 Å². The normalized spacial score (nSPS) is 17.3. The molecule has 1 atom stereocenters. The van der Waals surface area contributed by atoms with Crippen LogP contribution in [0.3, 0.4) is 0 Å². The average Bonchev–Trinajstić information content (AvgIpc) is 3.25. The van der Waals surface area contributed by atoms with Gasteiger partial charge in [0.1, 0.15) is 0 Å². The fraction of sp³-hybridized carbons (Fsp3) is 0.312. The molecule has 3 rings (SSSR count). The van der Waals surface area contributed by atoms with E-state index < -0.39 is 29.8 Å². The summed E-state index contributed by atoms with van der Waals surface area (Å²) in [5, 5.41) is 15.1. The number of likely N-dealkylation sites (tertiary alicyclic amines) is 1. The lowest BCUT2D eigenvalue weighted by molar-refractivity contribution is -0.142. The number of aliphatic carboxylic acids is 1. The SMILES string of the molecule is O=C(O)C1CCN(C(=O)Nc2ccc(-n3ccc(C(F)(F)F)n3)cc2)C1. The molecule has 2 N–H and O–H groups in total. The molecule has 7 nitrogen and oxygen atoms in total. The number of hydrogen-bond acceptors (Lipinski definition) is 3. The first-order valence-corrected chi connectivity index (χ1v) is 7.76. The molecule has 1 saturated heterocycles. The van der Waals surface area contributed by atoms with Gasteiger partial charge >= 0.3 is 18.2 Å². The van der Waals surface area contributed by atoms with E-state index in [0.717, 1.165) is 10.7 Å². The third-order valence-corrected chi connectivity index (χ3v) is 4.09. The number of anilines is 1. The van der Waals surface area contributed by atoms with E-state index >= 15 is 0 Å². The lowest BCUT2D eigenvalue weighted by Gasteiger charge is -2.16. The van der Waals surface area contributed by atoms with Gasteiger partial charge in [-0.3, -0.25) is 4.79 Å². The van der Waals surface area contributed by atoms with E-state index in [1.54, 1.807) is 0 Å². The van der Waals surface area contributed by atoms with Crippen molar-refractivity contribution in [1.29, 1.82) is 0 Å². The predicted molar refractivity (Wildman–Crippen MR) is 84.9 cm³/mol. The van der Waals surface area contributed by atoms with Gasteiger partial charge in [-0.15, -0.1) is 0 Å². The molecule has 1 aliphatic heterocycles. The number of rotatable bonds is 3. The minimum Gasteiger partial charge on any atom is -0.481 e. The topological polar surface area (TPSA) is 87.5 Å². The number of nitrogens with zero attached hydrogens (tertiary/aromatic N) is 3. The van der Waals surface area contributed by atoms with Gasteiger partial charge in [0.25, 0.3) is 0 Å². The molecule has 1 aliphatic rings. The van der Waals surface area contributed by atoms with Crippen LogP contribution in [0.25, 0.3) is 5.69 Å². The van der Waals surface area contributed by atoms with E-state index in [0.29, 0.717) is 24.3 Å². The lowest BCUT2D eigenvalue weighted by atomic mass is 10.1. The molecule has 0 radical (unpaired) electrons. The van der Waals surface area contributed by atoms with Crippen LogP contribution in [0.1, 0.15) is 12.1 Å². The monoisotopic (exact) mass is 368 g/mol. The number of amides is 2. The predicted octanol–water partition coefficient (Wildman–Crippen LogP) is 2.83. The summed E-state index contributed by atoms with van der Waals surface area (Å²) in [5.74, 6) is -1.49. The van der Waals surface area contributed by atoms with Gasteiger partial charge in [0.05, 0.1) is 11.6 Å². The summed E-state index contributed by atoms with van der Waals surface area (Å²) in [6.07, 6.45) is -2.90. The first kappa shape index (κ1) is 17.8. The first-order valence-electron chi connectivity index (χ1n) is 7.76. The quantitative estimate of drug-likeness (QED) is 0.872. The minimum atomic E-state index is -4.51. The summed E-state index contributed by atoms with van der Waals surface area (Å²) < 4.78 is 38.8. The molecule has 0 aliphatic carbocycles. The zero-order chi connectivity index (χ0) is 18.9. The minimum absolute atomic E-state index is 0.146. The Morgan fingerprint density at radius 1 is 1.19 bits per heavy atom. The Balaban J connectivity index is 1.64. The van der Waals surface area contributed by atoms with Gasteiger partial charge in [0.15, 0.2) is 5.69 Å². The molecule has 0 saturated carbocycles. The van der Waals surface area contributed by atoms with E-state index in [2.05, 4.69) is 10.4 Å². The molecule has 0 spiro atoms. The van der Waals surface area contributed by atoms with Crippen LogP contribution >= 0.6 is 0 Å². The van der Waals surface area contributed by atoms with Crippen molar-refractivity contribution >= 4 is 17.7 Å². The van der Waals surface area contributed by atoms with Crippen LogP contribution in [0, 0.1) is 5.92 Å². The molecule has 26 heavy (non-hydrogen) atoms. The Kier molecular flexibility index (Phi) is 4.58. The van der Waals surface area contributed by atoms with Crippen molar-refractivity contribution in [1.82, 2.24) is 14.7 Å². The van der Waals surface area contributed by atoms with Gasteiger partial charge in [0, 0.05) is 25.0 Å². The largest absolute Gasteiger partial charge is 0.481 e. The molecule has 1 fully saturated rings. The molecule has 0 bridgehead atoms. The summed E-state index contributed by atoms with van der Waals surface area (Å²) in [6.45, 7) is 0.501. The van der Waals surface area contributed by atoms with Gasteiger partial charge < -0.3 is 15.3 Å². The van der Waals surface area contributed by atoms with Crippen LogP contribution in [0.15, 0.2) is 36.5 Å². The highest BCUT2D eigenvalue weighted by molar-refractivity contribution is 5.90. The summed E-state index contributed by atoms with van der Waals surface area (Å²) >= 11 is 0. The Morgan fingerprint density at radius 3 is 2.42 bits per heavy atom. The van der Waals surface area contributed by atoms with Gasteiger partial charge in [-0.2, -0.15) is 18.3 Å². The number of carboxylic acids is 1. The number of halogens is 3. The van der Waals surface area contributed by atoms with Crippen molar-refractivity contribution < 1.29 is 27.9 Å². The second-order valence-electron chi connectivity index (χ2n) is 5.89. The van der Waals surface area contributed by atoms with E-state index in [1.165, 1.54) is 35.4 Å². The third kappa shape index (κ3) is 3.79. The molecule has 2 aromatic rings. The molecular formula is C16H15F3N4O3. The maximum atomic E-state index is 12.6. The molecule has 138 valence electrons. The molecular weight excluding hydrogens is 353 g/mol. The summed E-state index contributed by atoms with van der Waals surface area (Å²) in [4.78, 5) is 24.5. The highest BCUT2D eigenvalue weighted by Gasteiger charge is 2.33. The number of carbonyl (C=O) groups is 2. The van der Waals surface area contributed by atoms with Crippen molar-refractivity contribution in [2.75, 3.05) is 18.4 Å². The van der Waals surface area contributed by atoms with Crippen LogP contribution in [0.2, 0.25) is 0 Å². The van der Waals surface area contributed by atoms with Crippen molar-refractivity contribution in [3.05, 3.63) is 42.2 Å². The van der Waals surface area contributed by atoms with Gasteiger partial charge in [-0.25, -0.2) is 9.48 Å². The van der Waals surface area contributed by atoms with Crippen LogP contribution in [0.4, 0.5) is 23.7 Å². The fourth-order valence-corrected chi connectivity index (χ4v) is 2.67. The number of carbonyl (C=O) groups excluding carboxylic acids is 1. The molecule has 10 heteroatoms. The Hall–Kier alpha value is -3.04. The molecule has 1 aromatic carbocycles. The number of benzene rings is 1. The molecule has 1 unspecified atom stereocenters. The number of nitrogens with one attached hydrogen (secondary N) is 1.